The Kier molecular flexibility index (Phi) is 8.31. The number of carbonyl (C=O) groups excluding carboxylic acids is 1. The summed E-state index contributed by atoms with van der Waals surface area (Å²) in [5.41, 5.74) is 6.89. The third-order valence-electron chi connectivity index (χ3n) is 7.12. The van der Waals surface area contributed by atoms with Gasteiger partial charge in [0.2, 0.25) is 11.1 Å². The lowest BCUT2D eigenvalue weighted by molar-refractivity contribution is -0.128. The van der Waals surface area contributed by atoms with Crippen LogP contribution in [0.2, 0.25) is 5.02 Å². The highest BCUT2D eigenvalue weighted by Gasteiger charge is 2.21. The van der Waals surface area contributed by atoms with Gasteiger partial charge >= 0.3 is 0 Å². The number of fused-ring (bicyclic) bond motifs is 1. The van der Waals surface area contributed by atoms with Gasteiger partial charge in [0, 0.05) is 55.6 Å². The predicted molar refractivity (Wildman–Crippen MR) is 153 cm³/mol. The smallest absolute Gasteiger partial charge is 0.253 e. The summed E-state index contributed by atoms with van der Waals surface area (Å²) in [4.78, 5) is 26.7. The molecule has 0 atom stereocenters. The number of nitrogens with zero attached hydrogens (tertiary/aromatic N) is 6. The molecular weight excluding hydrogens is 516 g/mol. The van der Waals surface area contributed by atoms with E-state index in [0.717, 1.165) is 67.5 Å². The molecule has 38 heavy (non-hydrogen) atoms. The summed E-state index contributed by atoms with van der Waals surface area (Å²) in [5.74, 6) is 1.03. The Morgan fingerprint density at radius 1 is 0.921 bits per heavy atom. The molecular formula is C29H33ClN6OS. The van der Waals surface area contributed by atoms with E-state index in [1.54, 1.807) is 0 Å². The highest BCUT2D eigenvalue weighted by Crippen LogP contribution is 2.22. The van der Waals surface area contributed by atoms with Crippen molar-refractivity contribution in [3.8, 4) is 0 Å². The minimum Gasteiger partial charge on any atom is -0.341 e. The van der Waals surface area contributed by atoms with Gasteiger partial charge in [-0.3, -0.25) is 9.69 Å². The first kappa shape index (κ1) is 26.7. The fraction of sp³-hybridized carbons (Fsp3) is 0.379. The van der Waals surface area contributed by atoms with Crippen molar-refractivity contribution in [2.75, 3.05) is 31.9 Å². The Morgan fingerprint density at radius 3 is 2.42 bits per heavy atom. The van der Waals surface area contributed by atoms with Crippen molar-refractivity contribution in [1.29, 1.82) is 0 Å². The zero-order chi connectivity index (χ0) is 26.6. The summed E-state index contributed by atoms with van der Waals surface area (Å²) in [6.07, 6.45) is 1.76. The van der Waals surface area contributed by atoms with Crippen molar-refractivity contribution in [2.45, 2.75) is 45.3 Å². The molecule has 198 valence electrons. The van der Waals surface area contributed by atoms with Gasteiger partial charge in [0.1, 0.15) is 0 Å². The quantitative estimate of drug-likeness (QED) is 0.299. The number of benzene rings is 2. The predicted octanol–water partition coefficient (Wildman–Crippen LogP) is 5.12. The number of carbonyl (C=O) groups is 1. The molecule has 3 heterocycles. The lowest BCUT2D eigenvalue weighted by Crippen LogP contribution is -2.36. The number of aryl methyl sites for hydroxylation is 3. The topological polar surface area (TPSA) is 66.6 Å². The molecule has 0 unspecified atom stereocenters. The van der Waals surface area contributed by atoms with E-state index in [1.807, 2.05) is 28.5 Å². The molecule has 0 radical (unpaired) electrons. The van der Waals surface area contributed by atoms with Crippen molar-refractivity contribution < 1.29 is 4.79 Å². The Morgan fingerprint density at radius 2 is 1.66 bits per heavy atom. The molecule has 1 fully saturated rings. The fourth-order valence-electron chi connectivity index (χ4n) is 4.86. The van der Waals surface area contributed by atoms with Gasteiger partial charge in [-0.25, -0.2) is 9.50 Å². The molecule has 2 aromatic heterocycles. The number of hydrogen-bond acceptors (Lipinski definition) is 6. The summed E-state index contributed by atoms with van der Waals surface area (Å²) in [6.45, 7) is 10.4. The van der Waals surface area contributed by atoms with Gasteiger partial charge in [0.25, 0.3) is 5.78 Å². The monoisotopic (exact) mass is 548 g/mol. The Labute approximate surface area is 233 Å². The van der Waals surface area contributed by atoms with E-state index in [1.165, 1.54) is 28.5 Å². The zero-order valence-corrected chi connectivity index (χ0v) is 23.7. The highest BCUT2D eigenvalue weighted by molar-refractivity contribution is 7.99. The SMILES string of the molecule is Cc1ccc(Cc2c(C)nc3nc(SCC(=O)N4CCCN(Cc5ccc(Cl)cc5)CC4)nn3c2C)cc1. The molecule has 0 N–H and O–H groups in total. The molecule has 2 aromatic carbocycles. The average molecular weight is 549 g/mol. The minimum atomic E-state index is 0.128. The maximum atomic E-state index is 13.0. The molecule has 0 bridgehead atoms. The van der Waals surface area contributed by atoms with Crippen molar-refractivity contribution in [1.82, 2.24) is 29.4 Å². The zero-order valence-electron chi connectivity index (χ0n) is 22.2. The number of hydrogen-bond donors (Lipinski definition) is 0. The second-order valence-corrected chi connectivity index (χ2v) is 11.3. The summed E-state index contributed by atoms with van der Waals surface area (Å²) in [5, 5.41) is 6.02. The van der Waals surface area contributed by atoms with Crippen molar-refractivity contribution >= 4 is 35.0 Å². The van der Waals surface area contributed by atoms with E-state index in [4.69, 9.17) is 16.6 Å². The van der Waals surface area contributed by atoms with Crippen LogP contribution >= 0.6 is 23.4 Å². The van der Waals surface area contributed by atoms with Crippen LogP contribution in [0.3, 0.4) is 0 Å². The average Bonchev–Trinajstić information content (AvgIpc) is 3.17. The van der Waals surface area contributed by atoms with Gasteiger partial charge in [0.05, 0.1) is 5.75 Å². The van der Waals surface area contributed by atoms with Gasteiger partial charge in [-0.1, -0.05) is 65.3 Å². The molecule has 1 amide bonds. The van der Waals surface area contributed by atoms with Crippen LogP contribution in [-0.4, -0.2) is 67.2 Å². The van der Waals surface area contributed by atoms with E-state index in [2.05, 4.69) is 65.2 Å². The second kappa shape index (κ2) is 11.8. The lowest BCUT2D eigenvalue weighted by atomic mass is 10.0. The van der Waals surface area contributed by atoms with Gasteiger partial charge < -0.3 is 4.90 Å². The van der Waals surface area contributed by atoms with Crippen LogP contribution < -0.4 is 0 Å². The van der Waals surface area contributed by atoms with E-state index in [9.17, 15) is 4.79 Å². The highest BCUT2D eigenvalue weighted by atomic mass is 35.5. The molecule has 0 spiro atoms. The van der Waals surface area contributed by atoms with Crippen LogP contribution in [0.25, 0.3) is 5.78 Å². The van der Waals surface area contributed by atoms with E-state index in [-0.39, 0.29) is 5.91 Å². The lowest BCUT2D eigenvalue weighted by Gasteiger charge is -2.22. The summed E-state index contributed by atoms with van der Waals surface area (Å²) in [6, 6.07) is 16.6. The molecule has 1 aliphatic heterocycles. The van der Waals surface area contributed by atoms with Gasteiger partial charge in [-0.15, -0.1) is 5.10 Å². The van der Waals surface area contributed by atoms with Crippen LogP contribution in [-0.2, 0) is 17.8 Å². The first-order chi connectivity index (χ1) is 18.4. The molecule has 5 rings (SSSR count). The third kappa shape index (κ3) is 6.37. The second-order valence-electron chi connectivity index (χ2n) is 9.96. The molecule has 0 aliphatic carbocycles. The van der Waals surface area contributed by atoms with E-state index in [0.29, 0.717) is 16.7 Å². The maximum Gasteiger partial charge on any atom is 0.253 e. The fourth-order valence-corrected chi connectivity index (χ4v) is 5.71. The largest absolute Gasteiger partial charge is 0.341 e. The Balaban J connectivity index is 1.19. The van der Waals surface area contributed by atoms with Crippen LogP contribution in [0.5, 0.6) is 0 Å². The summed E-state index contributed by atoms with van der Waals surface area (Å²) < 4.78 is 1.81. The van der Waals surface area contributed by atoms with Crippen molar-refractivity contribution in [3.63, 3.8) is 0 Å². The maximum absolute atomic E-state index is 13.0. The van der Waals surface area contributed by atoms with Crippen molar-refractivity contribution in [2.24, 2.45) is 0 Å². The number of thioether (sulfide) groups is 1. The first-order valence-corrected chi connectivity index (χ1v) is 14.4. The van der Waals surface area contributed by atoms with Gasteiger partial charge in [0.15, 0.2) is 0 Å². The number of amides is 1. The number of rotatable bonds is 7. The van der Waals surface area contributed by atoms with E-state index < -0.39 is 0 Å². The van der Waals surface area contributed by atoms with E-state index >= 15 is 0 Å². The Hall–Kier alpha value is -2.94. The van der Waals surface area contributed by atoms with Crippen molar-refractivity contribution in [3.05, 3.63) is 87.2 Å². The standard InChI is InChI=1S/C29H33ClN6OS/c1-20-5-7-23(8-6-20)17-26-21(2)31-28-32-29(33-36(28)22(26)3)38-19-27(37)35-14-4-13-34(15-16-35)18-24-9-11-25(30)12-10-24/h5-12H,4,13-19H2,1-3H3. The number of aromatic nitrogens is 4. The van der Waals surface area contributed by atoms with Gasteiger partial charge in [-0.05, 0) is 56.0 Å². The molecule has 7 nitrogen and oxygen atoms in total. The molecule has 1 aliphatic rings. The van der Waals surface area contributed by atoms with Gasteiger partial charge in [-0.2, -0.15) is 4.98 Å². The first-order valence-electron chi connectivity index (χ1n) is 13.0. The van der Waals surface area contributed by atoms with Crippen LogP contribution in [0, 0.1) is 20.8 Å². The van der Waals surface area contributed by atoms with Crippen LogP contribution in [0.4, 0.5) is 0 Å². The molecule has 4 aromatic rings. The summed E-state index contributed by atoms with van der Waals surface area (Å²) in [7, 11) is 0. The third-order valence-corrected chi connectivity index (χ3v) is 8.19. The van der Waals surface area contributed by atoms with Crippen LogP contribution in [0.15, 0.2) is 53.7 Å². The Bertz CT molecular complexity index is 1420. The molecule has 1 saturated heterocycles. The molecule has 9 heteroatoms. The number of halogens is 1. The summed E-state index contributed by atoms with van der Waals surface area (Å²) >= 11 is 7.40. The minimum absolute atomic E-state index is 0.128. The molecule has 0 saturated carbocycles. The normalized spacial score (nSPS) is 14.7. The van der Waals surface area contributed by atoms with Crippen LogP contribution in [0.1, 0.15) is 40.1 Å².